The van der Waals surface area contributed by atoms with Crippen molar-refractivity contribution in [1.29, 1.82) is 0 Å². The molecule has 1 N–H and O–H groups in total. The molecule has 1 aromatic carbocycles. The molecule has 3 aromatic rings. The first-order chi connectivity index (χ1) is 11.7. The largest absolute Gasteiger partial charge is 0.477 e. The summed E-state index contributed by atoms with van der Waals surface area (Å²) in [6, 6.07) is 1.98. The van der Waals surface area contributed by atoms with E-state index in [0.29, 0.717) is 12.1 Å². The maximum absolute atomic E-state index is 14.2. The summed E-state index contributed by atoms with van der Waals surface area (Å²) >= 11 is 11.5. The van der Waals surface area contributed by atoms with Gasteiger partial charge in [-0.2, -0.15) is 0 Å². The van der Waals surface area contributed by atoms with Gasteiger partial charge in [-0.25, -0.2) is 22.9 Å². The number of carboxylic acid groups (broad SMARTS) is 1. The zero-order valence-electron chi connectivity index (χ0n) is 11.9. The highest BCUT2D eigenvalue weighted by atomic mass is 35.5. The van der Waals surface area contributed by atoms with Crippen LogP contribution in [0.25, 0.3) is 16.7 Å². The molecule has 0 aliphatic carbocycles. The first-order valence-corrected chi connectivity index (χ1v) is 7.26. The van der Waals surface area contributed by atoms with Crippen LogP contribution in [-0.4, -0.2) is 20.6 Å². The van der Waals surface area contributed by atoms with Gasteiger partial charge in [-0.3, -0.25) is 9.36 Å². The van der Waals surface area contributed by atoms with Crippen LogP contribution in [0.15, 0.2) is 29.2 Å². The Morgan fingerprint density at radius 3 is 2.40 bits per heavy atom. The van der Waals surface area contributed by atoms with Crippen molar-refractivity contribution < 1.29 is 23.1 Å². The average molecular weight is 389 g/mol. The second-order valence-corrected chi connectivity index (χ2v) is 5.66. The van der Waals surface area contributed by atoms with E-state index >= 15 is 0 Å². The summed E-state index contributed by atoms with van der Waals surface area (Å²) in [5.41, 5.74) is -2.63. The predicted octanol–water partition coefficient (Wildman–Crippen LogP) is 3.81. The lowest BCUT2D eigenvalue weighted by Crippen LogP contribution is -2.20. The minimum absolute atomic E-state index is 0.339. The van der Waals surface area contributed by atoms with E-state index in [1.807, 2.05) is 0 Å². The van der Waals surface area contributed by atoms with Crippen molar-refractivity contribution in [3.8, 4) is 5.69 Å². The van der Waals surface area contributed by atoms with Crippen molar-refractivity contribution in [2.45, 2.75) is 0 Å². The zero-order chi connectivity index (χ0) is 18.5. The molecule has 0 aliphatic heterocycles. The van der Waals surface area contributed by atoms with Gasteiger partial charge in [0, 0.05) is 12.3 Å². The van der Waals surface area contributed by atoms with Crippen LogP contribution in [0.3, 0.4) is 0 Å². The molecule has 128 valence electrons. The lowest BCUT2D eigenvalue weighted by Gasteiger charge is -2.14. The molecule has 0 aliphatic rings. The Labute approximate surface area is 146 Å². The minimum atomic E-state index is -1.63. The summed E-state index contributed by atoms with van der Waals surface area (Å²) in [7, 11) is 0. The molecule has 5 nitrogen and oxygen atoms in total. The number of aromatic nitrogens is 2. The van der Waals surface area contributed by atoms with E-state index in [2.05, 4.69) is 4.98 Å². The van der Waals surface area contributed by atoms with Crippen LogP contribution in [0.5, 0.6) is 0 Å². The summed E-state index contributed by atoms with van der Waals surface area (Å²) in [4.78, 5) is 27.2. The number of rotatable bonds is 2. The Balaban J connectivity index is 2.55. The van der Waals surface area contributed by atoms with Gasteiger partial charge >= 0.3 is 5.97 Å². The second-order valence-electron chi connectivity index (χ2n) is 4.90. The fourth-order valence-corrected chi connectivity index (χ4v) is 2.71. The first-order valence-electron chi connectivity index (χ1n) is 6.50. The predicted molar refractivity (Wildman–Crippen MR) is 84.2 cm³/mol. The molecule has 0 radical (unpaired) electrons. The van der Waals surface area contributed by atoms with E-state index in [9.17, 15) is 22.8 Å². The molecular weight excluding hydrogens is 384 g/mol. The van der Waals surface area contributed by atoms with Gasteiger partial charge in [0.1, 0.15) is 17.1 Å². The van der Waals surface area contributed by atoms with Gasteiger partial charge in [-0.1, -0.05) is 23.2 Å². The van der Waals surface area contributed by atoms with Gasteiger partial charge in [0.05, 0.1) is 10.4 Å². The third kappa shape index (κ3) is 2.83. The Kier molecular flexibility index (Phi) is 4.18. The van der Waals surface area contributed by atoms with Crippen molar-refractivity contribution in [3.05, 3.63) is 67.8 Å². The fourth-order valence-electron chi connectivity index (χ4n) is 2.29. The van der Waals surface area contributed by atoms with Gasteiger partial charge < -0.3 is 5.11 Å². The van der Waals surface area contributed by atoms with E-state index in [1.165, 1.54) is 0 Å². The molecule has 0 spiro atoms. The molecule has 0 fully saturated rings. The van der Waals surface area contributed by atoms with Gasteiger partial charge in [-0.15, -0.1) is 0 Å². The monoisotopic (exact) mass is 388 g/mol. The SMILES string of the molecule is O=C(O)c1cn(-c2c(F)cc(F)cc2Cl)c2nc(Cl)c(F)cc2c1=O. The van der Waals surface area contributed by atoms with E-state index in [0.717, 1.165) is 16.8 Å². The van der Waals surface area contributed by atoms with Crippen LogP contribution in [-0.2, 0) is 0 Å². The molecule has 0 atom stereocenters. The molecule has 25 heavy (non-hydrogen) atoms. The maximum atomic E-state index is 14.2. The van der Waals surface area contributed by atoms with Crippen LogP contribution in [0.2, 0.25) is 10.2 Å². The number of carboxylic acids is 1. The highest BCUT2D eigenvalue weighted by molar-refractivity contribution is 6.32. The van der Waals surface area contributed by atoms with Crippen LogP contribution < -0.4 is 5.43 Å². The molecule has 0 unspecified atom stereocenters. The Morgan fingerprint density at radius 2 is 1.80 bits per heavy atom. The molecule has 3 rings (SSSR count). The Hall–Kier alpha value is -2.58. The van der Waals surface area contributed by atoms with Crippen molar-refractivity contribution >= 4 is 40.2 Å². The van der Waals surface area contributed by atoms with Crippen molar-refractivity contribution in [1.82, 2.24) is 9.55 Å². The van der Waals surface area contributed by atoms with E-state index in [-0.39, 0.29) is 5.65 Å². The Bertz CT molecular complexity index is 1090. The standard InChI is InChI=1S/C15H5Cl2F3N2O3/c16-8-1-5(18)2-9(19)11(8)22-4-7(15(24)25)12(23)6-3-10(20)13(17)21-14(6)22/h1-4H,(H,24,25). The normalized spacial score (nSPS) is 11.1. The number of hydrogen-bond acceptors (Lipinski definition) is 3. The maximum Gasteiger partial charge on any atom is 0.341 e. The summed E-state index contributed by atoms with van der Waals surface area (Å²) in [6.45, 7) is 0. The highest BCUT2D eigenvalue weighted by Crippen LogP contribution is 2.28. The lowest BCUT2D eigenvalue weighted by atomic mass is 10.1. The number of pyridine rings is 2. The number of fused-ring (bicyclic) bond motifs is 1. The fraction of sp³-hybridized carbons (Fsp3) is 0. The molecule has 0 amide bonds. The van der Waals surface area contributed by atoms with E-state index < -0.39 is 55.7 Å². The number of halogens is 5. The minimum Gasteiger partial charge on any atom is -0.477 e. The number of aromatic carboxylic acids is 1. The van der Waals surface area contributed by atoms with Crippen LogP contribution in [0, 0.1) is 17.5 Å². The van der Waals surface area contributed by atoms with Crippen molar-refractivity contribution in [3.63, 3.8) is 0 Å². The number of benzene rings is 1. The zero-order valence-corrected chi connectivity index (χ0v) is 13.4. The lowest BCUT2D eigenvalue weighted by molar-refractivity contribution is 0.0695. The quantitative estimate of drug-likeness (QED) is 0.677. The Morgan fingerprint density at radius 1 is 1.12 bits per heavy atom. The number of hydrogen-bond donors (Lipinski definition) is 1. The van der Waals surface area contributed by atoms with Crippen LogP contribution in [0.4, 0.5) is 13.2 Å². The summed E-state index contributed by atoms with van der Waals surface area (Å²) < 4.78 is 42.0. The number of nitrogens with zero attached hydrogens (tertiary/aromatic N) is 2. The number of carbonyl (C=O) groups is 1. The second kappa shape index (κ2) is 6.05. The smallest absolute Gasteiger partial charge is 0.341 e. The molecule has 2 heterocycles. The topological polar surface area (TPSA) is 72.2 Å². The first kappa shape index (κ1) is 17.2. The third-order valence-corrected chi connectivity index (χ3v) is 3.89. The molecule has 10 heteroatoms. The van der Waals surface area contributed by atoms with E-state index in [1.54, 1.807) is 0 Å². The highest BCUT2D eigenvalue weighted by Gasteiger charge is 2.21. The van der Waals surface area contributed by atoms with Gasteiger partial charge in [-0.05, 0) is 12.1 Å². The summed E-state index contributed by atoms with van der Waals surface area (Å²) in [5.74, 6) is -4.80. The summed E-state index contributed by atoms with van der Waals surface area (Å²) in [6.07, 6.45) is 0.760. The molecule has 0 saturated heterocycles. The van der Waals surface area contributed by atoms with E-state index in [4.69, 9.17) is 28.3 Å². The van der Waals surface area contributed by atoms with Crippen LogP contribution in [0.1, 0.15) is 10.4 Å². The van der Waals surface area contributed by atoms with Gasteiger partial charge in [0.25, 0.3) is 0 Å². The van der Waals surface area contributed by atoms with Crippen molar-refractivity contribution in [2.24, 2.45) is 0 Å². The molecule has 0 saturated carbocycles. The molecular formula is C15H5Cl2F3N2O3. The molecule has 2 aromatic heterocycles. The van der Waals surface area contributed by atoms with Gasteiger partial charge in [0.2, 0.25) is 5.43 Å². The van der Waals surface area contributed by atoms with Crippen LogP contribution >= 0.6 is 23.2 Å². The van der Waals surface area contributed by atoms with Crippen molar-refractivity contribution in [2.75, 3.05) is 0 Å². The summed E-state index contributed by atoms with van der Waals surface area (Å²) in [5, 5.41) is 7.67. The average Bonchev–Trinajstić information content (AvgIpc) is 2.50. The van der Waals surface area contributed by atoms with Gasteiger partial charge in [0.15, 0.2) is 22.4 Å². The third-order valence-electron chi connectivity index (χ3n) is 3.34. The molecule has 0 bridgehead atoms.